The van der Waals surface area contributed by atoms with Gasteiger partial charge in [0.15, 0.2) is 0 Å². The SMILES string of the molecule is CC(=O)CCC(NC(=O)COCCOCCNC(=O)COCCOCCNC(=O)CCCCCCCCCCCCCCC(=O)O)C(=O)O. The molecule has 0 aliphatic heterocycles. The number of unbranched alkanes of at least 4 members (excludes halogenated alkanes) is 11. The number of carboxylic acids is 2. The Bertz CT molecular complexity index is 919. The molecule has 0 saturated carbocycles. The fourth-order valence-corrected chi connectivity index (χ4v) is 4.60. The van der Waals surface area contributed by atoms with Crippen LogP contribution in [-0.4, -0.2) is 118 Å². The van der Waals surface area contributed by atoms with Crippen LogP contribution in [0.3, 0.4) is 0 Å². The van der Waals surface area contributed by atoms with Gasteiger partial charge in [0, 0.05) is 32.4 Å². The quantitative estimate of drug-likeness (QED) is 0.0596. The molecule has 0 aliphatic carbocycles. The molecule has 0 saturated heterocycles. The molecule has 0 aromatic carbocycles. The van der Waals surface area contributed by atoms with Crippen molar-refractivity contribution in [3.8, 4) is 0 Å². The summed E-state index contributed by atoms with van der Waals surface area (Å²) < 4.78 is 21.1. The number of carbonyl (C=O) groups is 6. The number of nitrogens with one attached hydrogen (secondary N) is 3. The predicted octanol–water partition coefficient (Wildman–Crippen LogP) is 2.77. The second-order valence-electron chi connectivity index (χ2n) is 11.9. The van der Waals surface area contributed by atoms with E-state index in [2.05, 4.69) is 16.0 Å². The molecule has 0 rings (SSSR count). The Morgan fingerprint density at radius 1 is 0.510 bits per heavy atom. The van der Waals surface area contributed by atoms with Crippen molar-refractivity contribution in [3.63, 3.8) is 0 Å². The number of Topliss-reactive ketones (excluding diaryl/α,β-unsaturated/α-hetero) is 1. The van der Waals surface area contributed by atoms with Gasteiger partial charge in [-0.05, 0) is 26.2 Å². The molecule has 0 aromatic heterocycles. The molecule has 0 aliphatic rings. The summed E-state index contributed by atoms with van der Waals surface area (Å²) in [6.07, 6.45) is 14.1. The van der Waals surface area contributed by atoms with E-state index in [0.29, 0.717) is 26.2 Å². The number of ketones is 1. The lowest BCUT2D eigenvalue weighted by Gasteiger charge is -2.14. The minimum absolute atomic E-state index is 0.0117. The van der Waals surface area contributed by atoms with E-state index in [1.807, 2.05) is 0 Å². The van der Waals surface area contributed by atoms with Crippen LogP contribution >= 0.6 is 0 Å². The Hall–Kier alpha value is -3.14. The number of hydrogen-bond donors (Lipinski definition) is 5. The zero-order valence-corrected chi connectivity index (χ0v) is 29.4. The third-order valence-corrected chi connectivity index (χ3v) is 7.31. The van der Waals surface area contributed by atoms with E-state index in [1.54, 1.807) is 0 Å². The summed E-state index contributed by atoms with van der Waals surface area (Å²) in [5.74, 6) is -2.98. The lowest BCUT2D eigenvalue weighted by Crippen LogP contribution is -2.42. The highest BCUT2D eigenvalue weighted by atomic mass is 16.5. The lowest BCUT2D eigenvalue weighted by atomic mass is 10.0. The Morgan fingerprint density at radius 2 is 0.939 bits per heavy atom. The summed E-state index contributed by atoms with van der Waals surface area (Å²) >= 11 is 0. The zero-order valence-electron chi connectivity index (χ0n) is 29.4. The van der Waals surface area contributed by atoms with Gasteiger partial charge in [-0.15, -0.1) is 0 Å². The average Bonchev–Trinajstić information content (AvgIpc) is 3.05. The highest BCUT2D eigenvalue weighted by Crippen LogP contribution is 2.13. The van der Waals surface area contributed by atoms with E-state index in [9.17, 15) is 28.8 Å². The fraction of sp³-hybridized carbons (Fsp3) is 0.824. The predicted molar refractivity (Wildman–Crippen MR) is 181 cm³/mol. The topological polar surface area (TPSA) is 216 Å². The van der Waals surface area contributed by atoms with E-state index in [0.717, 1.165) is 38.5 Å². The highest BCUT2D eigenvalue weighted by Gasteiger charge is 2.20. The molecule has 15 nitrogen and oxygen atoms in total. The number of aliphatic carboxylic acids is 2. The molecule has 0 fully saturated rings. The molecule has 5 N–H and O–H groups in total. The van der Waals surface area contributed by atoms with Gasteiger partial charge in [0.25, 0.3) is 0 Å². The molecule has 284 valence electrons. The summed E-state index contributed by atoms with van der Waals surface area (Å²) in [6, 6.07) is -1.15. The molecule has 15 heteroatoms. The molecule has 0 heterocycles. The Labute approximate surface area is 290 Å². The Balaban J connectivity index is 3.44. The molecule has 1 unspecified atom stereocenters. The fourth-order valence-electron chi connectivity index (χ4n) is 4.60. The van der Waals surface area contributed by atoms with Gasteiger partial charge in [-0.25, -0.2) is 4.79 Å². The van der Waals surface area contributed by atoms with Crippen LogP contribution in [0.25, 0.3) is 0 Å². The summed E-state index contributed by atoms with van der Waals surface area (Å²) in [6.45, 7) is 2.96. The average molecular weight is 704 g/mol. The third-order valence-electron chi connectivity index (χ3n) is 7.31. The van der Waals surface area contributed by atoms with Crippen LogP contribution in [0.4, 0.5) is 0 Å². The Kier molecular flexibility index (Phi) is 31.2. The number of ether oxygens (including phenoxy) is 4. The van der Waals surface area contributed by atoms with Crippen molar-refractivity contribution in [1.82, 2.24) is 16.0 Å². The van der Waals surface area contributed by atoms with Crippen LogP contribution in [0, 0.1) is 0 Å². The maximum atomic E-state index is 12.0. The number of amides is 3. The smallest absolute Gasteiger partial charge is 0.326 e. The maximum absolute atomic E-state index is 12.0. The zero-order chi connectivity index (χ0) is 36.4. The normalized spacial score (nSPS) is 11.5. The molecule has 0 aromatic rings. The van der Waals surface area contributed by atoms with Gasteiger partial charge in [0.05, 0.1) is 39.6 Å². The van der Waals surface area contributed by atoms with Gasteiger partial charge in [0.1, 0.15) is 25.0 Å². The second kappa shape index (κ2) is 33.4. The molecular weight excluding hydrogens is 642 g/mol. The van der Waals surface area contributed by atoms with Crippen LogP contribution in [0.5, 0.6) is 0 Å². The van der Waals surface area contributed by atoms with Crippen molar-refractivity contribution in [3.05, 3.63) is 0 Å². The largest absolute Gasteiger partial charge is 0.481 e. The lowest BCUT2D eigenvalue weighted by molar-refractivity contribution is -0.143. The molecular formula is C34H61N3O12. The first-order valence-electron chi connectivity index (χ1n) is 17.7. The summed E-state index contributed by atoms with van der Waals surface area (Å²) in [4.78, 5) is 68.2. The van der Waals surface area contributed by atoms with Gasteiger partial charge in [-0.3, -0.25) is 19.2 Å². The summed E-state index contributed by atoms with van der Waals surface area (Å²) in [5.41, 5.74) is 0. The first-order valence-corrected chi connectivity index (χ1v) is 17.7. The van der Waals surface area contributed by atoms with E-state index >= 15 is 0 Å². The van der Waals surface area contributed by atoms with Crippen molar-refractivity contribution >= 4 is 35.4 Å². The Morgan fingerprint density at radius 3 is 1.41 bits per heavy atom. The minimum Gasteiger partial charge on any atom is -0.481 e. The van der Waals surface area contributed by atoms with Gasteiger partial charge in [0.2, 0.25) is 17.7 Å². The van der Waals surface area contributed by atoms with Crippen molar-refractivity contribution in [1.29, 1.82) is 0 Å². The molecule has 1 atom stereocenters. The summed E-state index contributed by atoms with van der Waals surface area (Å²) in [7, 11) is 0. The van der Waals surface area contributed by atoms with Gasteiger partial charge in [-0.2, -0.15) is 0 Å². The monoisotopic (exact) mass is 703 g/mol. The standard InChI is InChI=1S/C34H61N3O12/c1-28(38)16-17-29(34(44)45)37-32(41)27-49-25-23-47-21-19-36-31(40)26-48-24-22-46-20-18-35-30(39)14-12-10-8-6-4-2-3-5-7-9-11-13-15-33(42)43/h29H,2-27H2,1H3,(H,35,39)(H,36,40)(H,37,41)(H,42,43)(H,44,45). The molecule has 3 amide bonds. The summed E-state index contributed by atoms with van der Waals surface area (Å²) in [5, 5.41) is 25.5. The molecule has 0 spiro atoms. The molecule has 0 radical (unpaired) electrons. The van der Waals surface area contributed by atoms with Crippen LogP contribution in [0.1, 0.15) is 110 Å². The van der Waals surface area contributed by atoms with Crippen molar-refractivity contribution in [2.75, 3.05) is 65.9 Å². The van der Waals surface area contributed by atoms with Crippen LogP contribution in [-0.2, 0) is 47.7 Å². The van der Waals surface area contributed by atoms with E-state index in [-0.39, 0.29) is 83.0 Å². The highest BCUT2D eigenvalue weighted by molar-refractivity contribution is 5.85. The number of carboxylic acid groups (broad SMARTS) is 2. The van der Waals surface area contributed by atoms with Gasteiger partial charge in [-0.1, -0.05) is 64.2 Å². The molecule has 49 heavy (non-hydrogen) atoms. The first-order chi connectivity index (χ1) is 23.6. The van der Waals surface area contributed by atoms with Crippen molar-refractivity contribution < 1.29 is 57.9 Å². The maximum Gasteiger partial charge on any atom is 0.326 e. The van der Waals surface area contributed by atoms with Gasteiger partial charge >= 0.3 is 11.9 Å². The van der Waals surface area contributed by atoms with E-state index in [1.165, 1.54) is 45.4 Å². The van der Waals surface area contributed by atoms with E-state index in [4.69, 9.17) is 29.2 Å². The van der Waals surface area contributed by atoms with Crippen LogP contribution < -0.4 is 16.0 Å². The second-order valence-corrected chi connectivity index (χ2v) is 11.9. The van der Waals surface area contributed by atoms with E-state index < -0.39 is 23.9 Å². The minimum atomic E-state index is -1.22. The number of rotatable bonds is 36. The van der Waals surface area contributed by atoms with Crippen LogP contribution in [0.15, 0.2) is 0 Å². The van der Waals surface area contributed by atoms with Crippen LogP contribution in [0.2, 0.25) is 0 Å². The number of carbonyl (C=O) groups excluding carboxylic acids is 4. The van der Waals surface area contributed by atoms with Crippen molar-refractivity contribution in [2.24, 2.45) is 0 Å². The van der Waals surface area contributed by atoms with Crippen molar-refractivity contribution in [2.45, 2.75) is 116 Å². The first kappa shape index (κ1) is 45.9. The van der Waals surface area contributed by atoms with Gasteiger partial charge < -0.3 is 49.9 Å². The number of hydrogen-bond acceptors (Lipinski definition) is 10. The third kappa shape index (κ3) is 34.5. The molecule has 0 bridgehead atoms.